The molecule has 2 N–H and O–H groups in total. The summed E-state index contributed by atoms with van der Waals surface area (Å²) in [6, 6.07) is 6.04. The molecule has 4 rings (SSSR count). The third-order valence-electron chi connectivity index (χ3n) is 5.35. The lowest BCUT2D eigenvalue weighted by Gasteiger charge is -2.33. The van der Waals surface area contributed by atoms with Crippen molar-refractivity contribution in [2.45, 2.75) is 57.9 Å². The Morgan fingerprint density at radius 2 is 1.88 bits per heavy atom. The van der Waals surface area contributed by atoms with Crippen LogP contribution in [0.15, 0.2) is 24.4 Å². The van der Waals surface area contributed by atoms with Gasteiger partial charge in [0.25, 0.3) is 0 Å². The normalized spacial score (nSPS) is 21.6. The molecule has 136 valence electrons. The molecule has 6 nitrogen and oxygen atoms in total. The van der Waals surface area contributed by atoms with Crippen molar-refractivity contribution >= 4 is 23.3 Å². The molecule has 0 aliphatic carbocycles. The van der Waals surface area contributed by atoms with E-state index in [9.17, 15) is 9.59 Å². The Labute approximate surface area is 153 Å². The zero-order chi connectivity index (χ0) is 18.9. The second kappa shape index (κ2) is 5.19. The highest BCUT2D eigenvalue weighted by Gasteiger charge is 2.54. The van der Waals surface area contributed by atoms with Gasteiger partial charge in [-0.3, -0.25) is 9.59 Å². The molecule has 1 aromatic heterocycles. The maximum absolute atomic E-state index is 13.1. The number of hydrogen-bond acceptors (Lipinski definition) is 3. The van der Waals surface area contributed by atoms with Crippen LogP contribution in [-0.4, -0.2) is 21.6 Å². The molecule has 0 radical (unpaired) electrons. The van der Waals surface area contributed by atoms with Gasteiger partial charge in [-0.15, -0.1) is 0 Å². The second-order valence-corrected chi connectivity index (χ2v) is 8.53. The fourth-order valence-electron chi connectivity index (χ4n) is 3.98. The molecule has 0 unspecified atom stereocenters. The number of carbonyl (C=O) groups excluding carboxylic acids is 2. The van der Waals surface area contributed by atoms with Crippen LogP contribution in [0.2, 0.25) is 0 Å². The van der Waals surface area contributed by atoms with Crippen molar-refractivity contribution in [3.05, 3.63) is 41.1 Å². The summed E-state index contributed by atoms with van der Waals surface area (Å²) < 4.78 is 1.79. The minimum Gasteiger partial charge on any atom is -0.325 e. The van der Waals surface area contributed by atoms with Crippen LogP contribution in [0, 0.1) is 0 Å². The van der Waals surface area contributed by atoms with Crippen LogP contribution in [0.3, 0.4) is 0 Å². The molecule has 6 heteroatoms. The van der Waals surface area contributed by atoms with Crippen molar-refractivity contribution < 1.29 is 9.59 Å². The van der Waals surface area contributed by atoms with E-state index in [-0.39, 0.29) is 23.8 Å². The van der Waals surface area contributed by atoms with Crippen LogP contribution in [0.1, 0.15) is 63.6 Å². The summed E-state index contributed by atoms with van der Waals surface area (Å²) in [5, 5.41) is 10.4. The molecular formula is C20H24N4O2. The van der Waals surface area contributed by atoms with Gasteiger partial charge < -0.3 is 10.6 Å². The van der Waals surface area contributed by atoms with Crippen LogP contribution < -0.4 is 10.6 Å². The van der Waals surface area contributed by atoms with E-state index in [1.165, 1.54) is 0 Å². The molecule has 26 heavy (non-hydrogen) atoms. The largest absolute Gasteiger partial charge is 0.325 e. The number of nitrogens with zero attached hydrogens (tertiary/aromatic N) is 2. The Balaban J connectivity index is 2.00. The molecule has 0 bridgehead atoms. The first-order valence-corrected chi connectivity index (χ1v) is 8.99. The van der Waals surface area contributed by atoms with Crippen LogP contribution in [0.5, 0.6) is 0 Å². The molecule has 0 saturated heterocycles. The lowest BCUT2D eigenvalue weighted by atomic mass is 9.71. The number of hydrogen-bond donors (Lipinski definition) is 2. The average molecular weight is 352 g/mol. The number of nitrogens with one attached hydrogen (secondary N) is 2. The van der Waals surface area contributed by atoms with Gasteiger partial charge in [0.2, 0.25) is 11.8 Å². The zero-order valence-electron chi connectivity index (χ0n) is 15.8. The molecule has 1 aromatic carbocycles. The van der Waals surface area contributed by atoms with E-state index in [0.29, 0.717) is 11.7 Å². The molecule has 2 aliphatic heterocycles. The fourth-order valence-corrected chi connectivity index (χ4v) is 3.98. The van der Waals surface area contributed by atoms with Gasteiger partial charge in [0, 0.05) is 17.7 Å². The molecule has 2 amide bonds. The summed E-state index contributed by atoms with van der Waals surface area (Å²) in [5.74, 6) is 0.633. The summed E-state index contributed by atoms with van der Waals surface area (Å²) in [5.41, 5.74) is 2.25. The van der Waals surface area contributed by atoms with Gasteiger partial charge in [-0.05, 0) is 43.9 Å². The predicted molar refractivity (Wildman–Crippen MR) is 100 cm³/mol. The molecule has 1 atom stereocenters. The Hall–Kier alpha value is -2.63. The molecule has 3 heterocycles. The molecule has 0 fully saturated rings. The lowest BCUT2D eigenvalue weighted by Crippen LogP contribution is -2.44. The van der Waals surface area contributed by atoms with E-state index in [2.05, 4.69) is 35.6 Å². The third-order valence-corrected chi connectivity index (χ3v) is 5.35. The summed E-state index contributed by atoms with van der Waals surface area (Å²) in [6.45, 7) is 10.3. The maximum Gasteiger partial charge on any atom is 0.240 e. The van der Waals surface area contributed by atoms with Crippen LogP contribution >= 0.6 is 0 Å². The van der Waals surface area contributed by atoms with Gasteiger partial charge in [-0.25, -0.2) is 4.68 Å². The Bertz CT molecular complexity index is 936. The maximum atomic E-state index is 13.1. The van der Waals surface area contributed by atoms with Crippen molar-refractivity contribution in [3.8, 4) is 0 Å². The number of fused-ring (bicyclic) bond motifs is 4. The van der Waals surface area contributed by atoms with Crippen LogP contribution in [-0.2, 0) is 20.5 Å². The highest BCUT2D eigenvalue weighted by Crippen LogP contribution is 2.50. The summed E-state index contributed by atoms with van der Waals surface area (Å²) in [6.07, 6.45) is 1.83. The van der Waals surface area contributed by atoms with Gasteiger partial charge in [0.05, 0.1) is 11.7 Å². The number of rotatable bonds is 1. The number of anilines is 2. The minimum atomic E-state index is -1.01. The molecular weight excluding hydrogens is 328 g/mol. The van der Waals surface area contributed by atoms with Gasteiger partial charge in [0.1, 0.15) is 11.2 Å². The standard InChI is InChI=1S/C20H24N4O2/c1-11(2)12-6-7-15-13(8-12)20(18(26)22-15)9-16(25)23-17-14(20)10-21-24(17)19(3,4)5/h6-8,10-11H,9H2,1-5H3,(H,22,26)(H,23,25)/t20-/m0/s1. The fraction of sp³-hybridized carbons (Fsp3) is 0.450. The van der Waals surface area contributed by atoms with Crippen molar-refractivity contribution in [2.24, 2.45) is 0 Å². The molecule has 2 aromatic rings. The van der Waals surface area contributed by atoms with E-state index in [0.717, 1.165) is 22.4 Å². The van der Waals surface area contributed by atoms with Crippen molar-refractivity contribution in [3.63, 3.8) is 0 Å². The predicted octanol–water partition coefficient (Wildman–Crippen LogP) is 3.34. The highest BCUT2D eigenvalue weighted by atomic mass is 16.2. The summed E-state index contributed by atoms with van der Waals surface area (Å²) in [7, 11) is 0. The highest BCUT2D eigenvalue weighted by molar-refractivity contribution is 6.14. The van der Waals surface area contributed by atoms with Gasteiger partial charge in [-0.1, -0.05) is 26.0 Å². The molecule has 1 spiro atoms. The number of amides is 2. The SMILES string of the molecule is CC(C)c1ccc2c(c1)[C@]1(CC(=O)Nc3c1cnn3C(C)(C)C)C(=O)N2. The van der Waals surface area contributed by atoms with Crippen molar-refractivity contribution in [1.29, 1.82) is 0 Å². The summed E-state index contributed by atoms with van der Waals surface area (Å²) in [4.78, 5) is 25.7. The number of aromatic nitrogens is 2. The van der Waals surface area contributed by atoms with Crippen LogP contribution in [0.4, 0.5) is 11.5 Å². The number of carbonyl (C=O) groups is 2. The topological polar surface area (TPSA) is 76.0 Å². The Morgan fingerprint density at radius 3 is 2.54 bits per heavy atom. The zero-order valence-corrected chi connectivity index (χ0v) is 15.8. The first-order chi connectivity index (χ1) is 12.1. The van der Waals surface area contributed by atoms with E-state index < -0.39 is 5.41 Å². The third kappa shape index (κ3) is 2.14. The van der Waals surface area contributed by atoms with Crippen molar-refractivity contribution in [1.82, 2.24) is 9.78 Å². The molecule has 2 aliphatic rings. The quantitative estimate of drug-likeness (QED) is 0.826. The minimum absolute atomic E-state index is 0.0935. The first kappa shape index (κ1) is 16.8. The van der Waals surface area contributed by atoms with Gasteiger partial charge >= 0.3 is 0 Å². The van der Waals surface area contributed by atoms with E-state index in [1.54, 1.807) is 10.9 Å². The Kier molecular flexibility index (Phi) is 3.36. The lowest BCUT2D eigenvalue weighted by molar-refractivity contribution is -0.125. The molecule has 0 saturated carbocycles. The van der Waals surface area contributed by atoms with E-state index in [4.69, 9.17) is 0 Å². The smallest absolute Gasteiger partial charge is 0.240 e. The monoisotopic (exact) mass is 352 g/mol. The van der Waals surface area contributed by atoms with E-state index >= 15 is 0 Å². The van der Waals surface area contributed by atoms with Gasteiger partial charge in [-0.2, -0.15) is 5.10 Å². The van der Waals surface area contributed by atoms with Gasteiger partial charge in [0.15, 0.2) is 0 Å². The van der Waals surface area contributed by atoms with Crippen LogP contribution in [0.25, 0.3) is 0 Å². The number of benzene rings is 1. The average Bonchev–Trinajstić information content (AvgIpc) is 3.07. The Morgan fingerprint density at radius 1 is 1.15 bits per heavy atom. The summed E-state index contributed by atoms with van der Waals surface area (Å²) >= 11 is 0. The van der Waals surface area contributed by atoms with Crippen molar-refractivity contribution in [2.75, 3.05) is 10.6 Å². The van der Waals surface area contributed by atoms with E-state index in [1.807, 2.05) is 32.9 Å². The first-order valence-electron chi connectivity index (χ1n) is 8.99. The second-order valence-electron chi connectivity index (χ2n) is 8.53.